The molecule has 5 nitrogen and oxygen atoms in total. The molecule has 0 spiro atoms. The third-order valence-electron chi connectivity index (χ3n) is 4.84. The van der Waals surface area contributed by atoms with Crippen molar-refractivity contribution < 1.29 is 19.1 Å². The lowest BCUT2D eigenvalue weighted by Crippen LogP contribution is -2.12. The van der Waals surface area contributed by atoms with Crippen LogP contribution in [0, 0.1) is 0 Å². The molecule has 1 amide bonds. The van der Waals surface area contributed by atoms with Crippen LogP contribution < -0.4 is 10.1 Å². The van der Waals surface area contributed by atoms with Crippen LogP contribution in [0.3, 0.4) is 0 Å². The molecule has 1 N–H and O–H groups in total. The third kappa shape index (κ3) is 4.81. The highest BCUT2D eigenvalue weighted by Gasteiger charge is 2.25. The molecule has 3 rings (SSSR count). The molecule has 6 heteroatoms. The number of fused-ring (bicyclic) bond motifs is 1. The minimum Gasteiger partial charge on any atom is -0.497 e. The molecule has 1 aromatic carbocycles. The molecule has 0 saturated heterocycles. The normalized spacial score (nSPS) is 14.1. The van der Waals surface area contributed by atoms with Crippen molar-refractivity contribution in [1.29, 1.82) is 0 Å². The van der Waals surface area contributed by atoms with Gasteiger partial charge in [-0.05, 0) is 55.0 Å². The van der Waals surface area contributed by atoms with Crippen LogP contribution in [0.4, 0.5) is 5.00 Å². The lowest BCUT2D eigenvalue weighted by atomic mass is 9.96. The van der Waals surface area contributed by atoms with Gasteiger partial charge >= 0.3 is 5.97 Å². The van der Waals surface area contributed by atoms with E-state index in [4.69, 9.17) is 9.47 Å². The molecule has 0 radical (unpaired) electrons. The van der Waals surface area contributed by atoms with Gasteiger partial charge in [0.1, 0.15) is 10.8 Å². The van der Waals surface area contributed by atoms with E-state index in [1.54, 1.807) is 13.2 Å². The second-order valence-electron chi connectivity index (χ2n) is 6.71. The second kappa shape index (κ2) is 9.55. The Morgan fingerprint density at radius 2 is 1.75 bits per heavy atom. The third-order valence-corrected chi connectivity index (χ3v) is 6.05. The Labute approximate surface area is 169 Å². The number of methoxy groups -OCH3 is 2. The van der Waals surface area contributed by atoms with Crippen molar-refractivity contribution in [2.24, 2.45) is 0 Å². The van der Waals surface area contributed by atoms with E-state index in [0.29, 0.717) is 10.6 Å². The summed E-state index contributed by atoms with van der Waals surface area (Å²) in [6.45, 7) is 0. The number of benzene rings is 1. The van der Waals surface area contributed by atoms with Gasteiger partial charge in [-0.3, -0.25) is 4.79 Å². The van der Waals surface area contributed by atoms with Gasteiger partial charge in [0.05, 0.1) is 19.8 Å². The topological polar surface area (TPSA) is 64.6 Å². The first-order chi connectivity index (χ1) is 13.6. The summed E-state index contributed by atoms with van der Waals surface area (Å²) in [6, 6.07) is 7.43. The van der Waals surface area contributed by atoms with Crippen LogP contribution in [-0.2, 0) is 22.4 Å². The van der Waals surface area contributed by atoms with Crippen molar-refractivity contribution in [2.75, 3.05) is 19.5 Å². The lowest BCUT2D eigenvalue weighted by Gasteiger charge is -2.10. The predicted octanol–water partition coefficient (Wildman–Crippen LogP) is 4.85. The number of carbonyl (C=O) groups is 2. The number of hydrogen-bond donors (Lipinski definition) is 1. The predicted molar refractivity (Wildman–Crippen MR) is 112 cm³/mol. The van der Waals surface area contributed by atoms with Crippen molar-refractivity contribution in [3.05, 3.63) is 51.9 Å². The fraction of sp³-hybridized carbons (Fsp3) is 0.364. The number of nitrogens with one attached hydrogen (secondary N) is 1. The highest BCUT2D eigenvalue weighted by atomic mass is 32.1. The van der Waals surface area contributed by atoms with Crippen LogP contribution in [0.15, 0.2) is 30.3 Å². The van der Waals surface area contributed by atoms with Crippen molar-refractivity contribution in [2.45, 2.75) is 38.5 Å². The molecule has 1 aromatic heterocycles. The van der Waals surface area contributed by atoms with Gasteiger partial charge in [-0.2, -0.15) is 0 Å². The molecule has 0 saturated carbocycles. The molecule has 28 heavy (non-hydrogen) atoms. The minimum atomic E-state index is -0.382. The number of carbonyl (C=O) groups excluding carboxylic acids is 2. The summed E-state index contributed by atoms with van der Waals surface area (Å²) in [6.07, 6.45) is 9.54. The molecule has 0 atom stereocenters. The first-order valence-corrected chi connectivity index (χ1v) is 10.3. The number of aryl methyl sites for hydroxylation is 1. The molecular weight excluding hydrogens is 374 g/mol. The maximum atomic E-state index is 12.5. The van der Waals surface area contributed by atoms with Crippen LogP contribution in [0.5, 0.6) is 5.75 Å². The number of thiophene rings is 1. The number of esters is 1. The van der Waals surface area contributed by atoms with Crippen LogP contribution in [0.2, 0.25) is 0 Å². The zero-order valence-corrected chi connectivity index (χ0v) is 17.1. The highest BCUT2D eigenvalue weighted by molar-refractivity contribution is 7.17. The van der Waals surface area contributed by atoms with E-state index >= 15 is 0 Å². The van der Waals surface area contributed by atoms with E-state index in [-0.39, 0.29) is 11.9 Å². The maximum absolute atomic E-state index is 12.5. The van der Waals surface area contributed by atoms with Gasteiger partial charge in [0.15, 0.2) is 0 Å². The second-order valence-corrected chi connectivity index (χ2v) is 7.81. The number of rotatable bonds is 5. The fourth-order valence-electron chi connectivity index (χ4n) is 3.37. The number of hydrogen-bond acceptors (Lipinski definition) is 5. The SMILES string of the molecule is COC(=O)c1c(NC(=O)/C=C/c2ccc(OC)cc2)sc2c1CCCCCC2. The maximum Gasteiger partial charge on any atom is 0.341 e. The largest absolute Gasteiger partial charge is 0.497 e. The quantitative estimate of drug-likeness (QED) is 0.576. The zero-order valence-electron chi connectivity index (χ0n) is 16.2. The van der Waals surface area contributed by atoms with Crippen molar-refractivity contribution in [1.82, 2.24) is 0 Å². The van der Waals surface area contributed by atoms with E-state index in [0.717, 1.165) is 42.6 Å². The van der Waals surface area contributed by atoms with Gasteiger partial charge in [-0.25, -0.2) is 4.79 Å². The molecule has 0 fully saturated rings. The monoisotopic (exact) mass is 399 g/mol. The number of ether oxygens (including phenoxy) is 2. The van der Waals surface area contributed by atoms with Gasteiger partial charge in [0, 0.05) is 11.0 Å². The van der Waals surface area contributed by atoms with E-state index in [9.17, 15) is 9.59 Å². The molecule has 1 aliphatic carbocycles. The van der Waals surface area contributed by atoms with Crippen molar-refractivity contribution in [3.8, 4) is 5.75 Å². The Morgan fingerprint density at radius 1 is 1.04 bits per heavy atom. The Morgan fingerprint density at radius 3 is 2.43 bits per heavy atom. The summed E-state index contributed by atoms with van der Waals surface area (Å²) in [5, 5.41) is 3.47. The summed E-state index contributed by atoms with van der Waals surface area (Å²) in [5.41, 5.74) is 2.46. The van der Waals surface area contributed by atoms with E-state index < -0.39 is 0 Å². The zero-order chi connectivity index (χ0) is 19.9. The molecule has 148 valence electrons. The van der Waals surface area contributed by atoms with Crippen LogP contribution in [0.25, 0.3) is 6.08 Å². The molecule has 2 aromatic rings. The molecule has 1 heterocycles. The Kier molecular flexibility index (Phi) is 6.87. The van der Waals surface area contributed by atoms with Gasteiger partial charge in [0.2, 0.25) is 5.91 Å². The van der Waals surface area contributed by atoms with Crippen LogP contribution in [-0.4, -0.2) is 26.1 Å². The van der Waals surface area contributed by atoms with E-state index in [2.05, 4.69) is 5.32 Å². The molecular formula is C22H25NO4S. The fourth-order valence-corrected chi connectivity index (χ4v) is 4.65. The van der Waals surface area contributed by atoms with Gasteiger partial charge in [-0.1, -0.05) is 25.0 Å². The lowest BCUT2D eigenvalue weighted by molar-refractivity contribution is -0.111. The van der Waals surface area contributed by atoms with E-state index in [1.165, 1.54) is 42.2 Å². The van der Waals surface area contributed by atoms with Crippen LogP contribution >= 0.6 is 11.3 Å². The Bertz CT molecular complexity index is 867. The summed E-state index contributed by atoms with van der Waals surface area (Å²) >= 11 is 1.50. The van der Waals surface area contributed by atoms with E-state index in [1.807, 2.05) is 24.3 Å². The average Bonchev–Trinajstić information content (AvgIpc) is 3.02. The summed E-state index contributed by atoms with van der Waals surface area (Å²) in [4.78, 5) is 26.0. The van der Waals surface area contributed by atoms with Crippen molar-refractivity contribution in [3.63, 3.8) is 0 Å². The highest BCUT2D eigenvalue weighted by Crippen LogP contribution is 2.37. The molecule has 0 bridgehead atoms. The molecule has 0 aliphatic heterocycles. The minimum absolute atomic E-state index is 0.268. The summed E-state index contributed by atoms with van der Waals surface area (Å²) in [5.74, 6) is 0.114. The summed E-state index contributed by atoms with van der Waals surface area (Å²) in [7, 11) is 2.99. The average molecular weight is 400 g/mol. The smallest absolute Gasteiger partial charge is 0.341 e. The van der Waals surface area contributed by atoms with Gasteiger partial charge in [-0.15, -0.1) is 11.3 Å². The molecule has 1 aliphatic rings. The first-order valence-electron chi connectivity index (χ1n) is 9.48. The van der Waals surface area contributed by atoms with Gasteiger partial charge < -0.3 is 14.8 Å². The Balaban J connectivity index is 1.79. The van der Waals surface area contributed by atoms with Gasteiger partial charge in [0.25, 0.3) is 0 Å². The number of anilines is 1. The Hall–Kier alpha value is -2.60. The summed E-state index contributed by atoms with van der Waals surface area (Å²) < 4.78 is 10.1. The molecule has 0 unspecified atom stereocenters. The van der Waals surface area contributed by atoms with Crippen molar-refractivity contribution >= 4 is 34.3 Å². The standard InChI is InChI=1S/C22H25NO4S/c1-26-16-12-9-15(10-13-16)11-14-19(24)23-21-20(22(25)27-2)17-7-5-3-4-6-8-18(17)28-21/h9-14H,3-8H2,1-2H3,(H,23,24)/b14-11+. The first kappa shape index (κ1) is 20.1. The van der Waals surface area contributed by atoms with Crippen LogP contribution in [0.1, 0.15) is 52.0 Å². The number of amides is 1.